The van der Waals surface area contributed by atoms with Gasteiger partial charge in [0.1, 0.15) is 6.61 Å². The first-order valence-electron chi connectivity index (χ1n) is 6.57. The summed E-state index contributed by atoms with van der Waals surface area (Å²) in [4.78, 5) is 12.1. The lowest BCUT2D eigenvalue weighted by atomic mass is 10.1. The molecule has 0 aliphatic heterocycles. The summed E-state index contributed by atoms with van der Waals surface area (Å²) >= 11 is 18.9. The molecule has 0 N–H and O–H groups in total. The second-order valence-electron chi connectivity index (χ2n) is 5.86. The van der Waals surface area contributed by atoms with E-state index < -0.39 is 3.24 Å². The van der Waals surface area contributed by atoms with Crippen molar-refractivity contribution >= 4 is 61.0 Å². The van der Waals surface area contributed by atoms with Crippen LogP contribution in [0.2, 0.25) is 0 Å². The molecule has 1 aromatic carbocycles. The van der Waals surface area contributed by atoms with E-state index in [1.807, 2.05) is 44.2 Å². The maximum Gasteiger partial charge on any atom is 0.310 e. The molecule has 2 nitrogen and oxygen atoms in total. The predicted octanol–water partition coefficient (Wildman–Crippen LogP) is 5.29. The van der Waals surface area contributed by atoms with Crippen molar-refractivity contribution < 1.29 is 9.53 Å². The number of benzene rings is 1. The molecule has 0 spiro atoms. The fourth-order valence-electron chi connectivity index (χ4n) is 2.70. The number of rotatable bonds is 5. The minimum absolute atomic E-state index is 0.0233. The van der Waals surface area contributed by atoms with Gasteiger partial charge in [-0.05, 0) is 32.8 Å². The fraction of sp³-hybridized carbons (Fsp3) is 0.533. The molecule has 0 radical (unpaired) electrons. The molecular weight excluding hydrogens is 443 g/mol. The molecule has 6 heteroatoms. The van der Waals surface area contributed by atoms with Crippen molar-refractivity contribution in [3.8, 4) is 0 Å². The predicted molar refractivity (Wildman–Crippen MR) is 93.1 cm³/mol. The van der Waals surface area contributed by atoms with Crippen LogP contribution in [0.25, 0.3) is 0 Å². The van der Waals surface area contributed by atoms with Crippen molar-refractivity contribution in [1.29, 1.82) is 0 Å². The molecule has 0 saturated heterocycles. The van der Waals surface area contributed by atoms with Crippen LogP contribution in [0.5, 0.6) is 0 Å². The highest BCUT2D eigenvalue weighted by Gasteiger charge is 2.67. The zero-order valence-electron chi connectivity index (χ0n) is 11.7. The summed E-state index contributed by atoms with van der Waals surface area (Å²) in [5, 5.41) is 0. The van der Waals surface area contributed by atoms with Crippen molar-refractivity contribution in [2.75, 3.05) is 0 Å². The summed E-state index contributed by atoms with van der Waals surface area (Å²) in [5.74, 6) is -0.390. The zero-order chi connectivity index (χ0) is 15.8. The third kappa shape index (κ3) is 3.95. The van der Waals surface area contributed by atoms with E-state index in [2.05, 4.69) is 31.9 Å². The molecule has 3 atom stereocenters. The molecule has 0 bridgehead atoms. The van der Waals surface area contributed by atoms with Crippen molar-refractivity contribution in [1.82, 2.24) is 0 Å². The Morgan fingerprint density at radius 2 is 1.95 bits per heavy atom. The SMILES string of the molecule is CC1(C)[C@H](C(=O)OCc2ccccc2)[C@@H]1C(Br)C(Cl)(Cl)Br. The molecule has 1 unspecified atom stereocenters. The van der Waals surface area contributed by atoms with Gasteiger partial charge in [-0.3, -0.25) is 4.79 Å². The Labute approximate surface area is 151 Å². The highest BCUT2D eigenvalue weighted by Crippen LogP contribution is 2.65. The zero-order valence-corrected chi connectivity index (χ0v) is 16.3. The number of carbonyl (C=O) groups excluding carboxylic acids is 1. The number of hydrogen-bond acceptors (Lipinski definition) is 2. The molecule has 0 heterocycles. The maximum atomic E-state index is 12.3. The van der Waals surface area contributed by atoms with Gasteiger partial charge in [0.25, 0.3) is 0 Å². The lowest BCUT2D eigenvalue weighted by molar-refractivity contribution is -0.147. The molecule has 1 aliphatic carbocycles. The number of hydrogen-bond donors (Lipinski definition) is 0. The second-order valence-corrected chi connectivity index (χ2v) is 10.4. The first kappa shape index (κ1) is 17.6. The van der Waals surface area contributed by atoms with E-state index in [1.54, 1.807) is 0 Å². The van der Waals surface area contributed by atoms with Crippen LogP contribution in [-0.2, 0) is 16.1 Å². The number of halogens is 4. The Balaban J connectivity index is 1.97. The van der Waals surface area contributed by atoms with Crippen LogP contribution >= 0.6 is 55.1 Å². The van der Waals surface area contributed by atoms with Crippen LogP contribution in [0.15, 0.2) is 30.3 Å². The van der Waals surface area contributed by atoms with Crippen LogP contribution in [0.3, 0.4) is 0 Å². The van der Waals surface area contributed by atoms with Crippen molar-refractivity contribution in [3.63, 3.8) is 0 Å². The first-order valence-corrected chi connectivity index (χ1v) is 9.03. The standard InChI is InChI=1S/C15H16Br2Cl2O2/c1-14(2)10(12(16)15(17,18)19)11(14)13(20)21-8-9-6-4-3-5-7-9/h3-7,10-12H,8H2,1-2H3/t10-,11+,12?/m1/s1. The third-order valence-electron chi connectivity index (χ3n) is 4.02. The van der Waals surface area contributed by atoms with Crippen LogP contribution in [0, 0.1) is 17.3 Å². The summed E-state index contributed by atoms with van der Waals surface area (Å²) in [6.07, 6.45) is 0. The number of carbonyl (C=O) groups is 1. The van der Waals surface area contributed by atoms with E-state index in [1.165, 1.54) is 0 Å². The van der Waals surface area contributed by atoms with E-state index in [9.17, 15) is 4.79 Å². The van der Waals surface area contributed by atoms with Gasteiger partial charge in [0, 0.05) is 0 Å². The molecule has 1 saturated carbocycles. The second kappa shape index (κ2) is 6.38. The molecule has 0 aromatic heterocycles. The Bertz CT molecular complexity index is 514. The van der Waals surface area contributed by atoms with Gasteiger partial charge in [0.15, 0.2) is 3.24 Å². The molecule has 1 aromatic rings. The van der Waals surface area contributed by atoms with Gasteiger partial charge in [-0.15, -0.1) is 0 Å². The molecule has 2 rings (SSSR count). The summed E-state index contributed by atoms with van der Waals surface area (Å²) in [6.45, 7) is 4.33. The van der Waals surface area contributed by atoms with Gasteiger partial charge < -0.3 is 4.74 Å². The summed E-state index contributed by atoms with van der Waals surface area (Å²) < 4.78 is 4.31. The van der Waals surface area contributed by atoms with Gasteiger partial charge >= 0.3 is 5.97 Å². The normalized spacial score (nSPS) is 25.2. The lowest BCUT2D eigenvalue weighted by Crippen LogP contribution is -2.23. The van der Waals surface area contributed by atoms with Gasteiger partial charge in [0.05, 0.1) is 10.7 Å². The van der Waals surface area contributed by atoms with Crippen molar-refractivity contribution in [2.24, 2.45) is 17.3 Å². The Hall–Kier alpha value is 0.230. The third-order valence-corrected chi connectivity index (χ3v) is 7.38. The van der Waals surface area contributed by atoms with E-state index in [0.29, 0.717) is 0 Å². The number of alkyl halides is 4. The lowest BCUT2D eigenvalue weighted by Gasteiger charge is -2.19. The molecule has 0 amide bonds. The smallest absolute Gasteiger partial charge is 0.310 e. The Morgan fingerprint density at radius 1 is 1.38 bits per heavy atom. The molecule has 21 heavy (non-hydrogen) atoms. The molecular formula is C15H16Br2Cl2O2. The molecule has 1 aliphatic rings. The summed E-state index contributed by atoms with van der Waals surface area (Å²) in [7, 11) is 0. The quantitative estimate of drug-likeness (QED) is 0.442. The van der Waals surface area contributed by atoms with E-state index in [-0.39, 0.29) is 34.7 Å². The van der Waals surface area contributed by atoms with Gasteiger partial charge in [0.2, 0.25) is 0 Å². The highest BCUT2D eigenvalue weighted by molar-refractivity contribution is 9.13. The topological polar surface area (TPSA) is 26.3 Å². The highest BCUT2D eigenvalue weighted by atomic mass is 79.9. The summed E-state index contributed by atoms with van der Waals surface area (Å²) in [5.41, 5.74) is 0.783. The van der Waals surface area contributed by atoms with Crippen LogP contribution in [0.4, 0.5) is 0 Å². The minimum atomic E-state index is -1.11. The monoisotopic (exact) mass is 456 g/mol. The average Bonchev–Trinajstić information content (AvgIpc) is 2.98. The van der Waals surface area contributed by atoms with E-state index in [4.69, 9.17) is 27.9 Å². The first-order chi connectivity index (χ1) is 9.65. The van der Waals surface area contributed by atoms with Gasteiger partial charge in [-0.1, -0.05) is 83.3 Å². The summed E-state index contributed by atoms with van der Waals surface area (Å²) in [6, 6.07) is 9.62. The number of esters is 1. The largest absolute Gasteiger partial charge is 0.461 e. The van der Waals surface area contributed by atoms with E-state index >= 15 is 0 Å². The average molecular weight is 459 g/mol. The Morgan fingerprint density at radius 3 is 2.48 bits per heavy atom. The maximum absolute atomic E-state index is 12.3. The van der Waals surface area contributed by atoms with Crippen LogP contribution < -0.4 is 0 Å². The Kier molecular flexibility index (Phi) is 5.35. The fourth-order valence-corrected chi connectivity index (χ4v) is 4.24. The molecule has 1 fully saturated rings. The minimum Gasteiger partial charge on any atom is -0.461 e. The van der Waals surface area contributed by atoms with E-state index in [0.717, 1.165) is 5.56 Å². The van der Waals surface area contributed by atoms with Gasteiger partial charge in [-0.2, -0.15) is 0 Å². The molecule has 116 valence electrons. The van der Waals surface area contributed by atoms with Crippen molar-refractivity contribution in [3.05, 3.63) is 35.9 Å². The number of ether oxygens (including phenoxy) is 1. The van der Waals surface area contributed by atoms with Crippen LogP contribution in [0.1, 0.15) is 19.4 Å². The van der Waals surface area contributed by atoms with Crippen LogP contribution in [-0.4, -0.2) is 14.0 Å². The van der Waals surface area contributed by atoms with Crippen molar-refractivity contribution in [2.45, 2.75) is 28.5 Å². The van der Waals surface area contributed by atoms with Gasteiger partial charge in [-0.25, -0.2) is 0 Å².